The molecule has 25 heavy (non-hydrogen) atoms. The third-order valence-electron chi connectivity index (χ3n) is 6.23. The molecule has 3 rings (SSSR count). The van der Waals surface area contributed by atoms with Gasteiger partial charge in [-0.3, -0.25) is 0 Å². The number of hydrogen-bond acceptors (Lipinski definition) is 2. The molecule has 2 nitrogen and oxygen atoms in total. The van der Waals surface area contributed by atoms with Crippen molar-refractivity contribution in [1.82, 2.24) is 5.32 Å². The second kappa shape index (κ2) is 8.73. The van der Waals surface area contributed by atoms with Gasteiger partial charge in [0, 0.05) is 17.0 Å². The van der Waals surface area contributed by atoms with Crippen LogP contribution in [0.5, 0.6) is 0 Å². The van der Waals surface area contributed by atoms with Crippen molar-refractivity contribution < 1.29 is 4.74 Å². The number of hydrogen-bond donors (Lipinski definition) is 1. The number of benzene rings is 1. The molecule has 2 aliphatic rings. The van der Waals surface area contributed by atoms with Crippen molar-refractivity contribution in [3.8, 4) is 0 Å². The second-order valence-electron chi connectivity index (χ2n) is 7.83. The lowest BCUT2D eigenvalue weighted by Crippen LogP contribution is -2.50. The lowest BCUT2D eigenvalue weighted by Gasteiger charge is -2.52. The van der Waals surface area contributed by atoms with Gasteiger partial charge in [0.1, 0.15) is 6.10 Å². The Kier molecular flexibility index (Phi) is 6.62. The Morgan fingerprint density at radius 3 is 2.48 bits per heavy atom. The molecule has 1 spiro atoms. The SMILES string of the molecule is CCCC1CCC2(CC1)CCC2OC(=S)NCCc1ccc(Cl)cc1. The topological polar surface area (TPSA) is 21.3 Å². The fraction of sp³-hybridized carbons (Fsp3) is 0.667. The van der Waals surface area contributed by atoms with Crippen molar-refractivity contribution in [3.63, 3.8) is 0 Å². The minimum absolute atomic E-state index is 0.339. The molecule has 0 heterocycles. The van der Waals surface area contributed by atoms with E-state index in [4.69, 9.17) is 28.6 Å². The molecule has 0 amide bonds. The summed E-state index contributed by atoms with van der Waals surface area (Å²) in [6.07, 6.45) is 11.9. The maximum Gasteiger partial charge on any atom is 0.256 e. The van der Waals surface area contributed by atoms with E-state index in [0.717, 1.165) is 30.3 Å². The van der Waals surface area contributed by atoms with Crippen molar-refractivity contribution >= 4 is 29.0 Å². The lowest BCUT2D eigenvalue weighted by atomic mass is 9.57. The van der Waals surface area contributed by atoms with E-state index in [9.17, 15) is 0 Å². The molecule has 1 N–H and O–H groups in total. The largest absolute Gasteiger partial charge is 0.467 e. The summed E-state index contributed by atoms with van der Waals surface area (Å²) in [5.41, 5.74) is 1.68. The summed E-state index contributed by atoms with van der Waals surface area (Å²) in [5.74, 6) is 0.946. The number of rotatable bonds is 6. The molecule has 0 saturated heterocycles. The van der Waals surface area contributed by atoms with E-state index in [-0.39, 0.29) is 0 Å². The van der Waals surface area contributed by atoms with Crippen LogP contribution in [0.4, 0.5) is 0 Å². The Morgan fingerprint density at radius 2 is 1.88 bits per heavy atom. The molecule has 2 fully saturated rings. The first-order valence-corrected chi connectivity index (χ1v) is 10.6. The summed E-state index contributed by atoms with van der Waals surface area (Å²) in [6.45, 7) is 3.10. The summed E-state index contributed by atoms with van der Waals surface area (Å²) < 4.78 is 6.13. The maximum atomic E-state index is 6.13. The van der Waals surface area contributed by atoms with Gasteiger partial charge >= 0.3 is 0 Å². The van der Waals surface area contributed by atoms with Gasteiger partial charge in [-0.1, -0.05) is 43.5 Å². The van der Waals surface area contributed by atoms with Gasteiger partial charge in [-0.05, 0) is 80.8 Å². The van der Waals surface area contributed by atoms with E-state index in [1.807, 2.05) is 12.1 Å². The van der Waals surface area contributed by atoms with Gasteiger partial charge < -0.3 is 10.1 Å². The van der Waals surface area contributed by atoms with Gasteiger partial charge in [0.15, 0.2) is 0 Å². The van der Waals surface area contributed by atoms with Crippen molar-refractivity contribution in [3.05, 3.63) is 34.9 Å². The molecule has 2 saturated carbocycles. The van der Waals surface area contributed by atoms with Crippen LogP contribution in [0.2, 0.25) is 5.02 Å². The number of halogens is 1. The van der Waals surface area contributed by atoms with Crippen LogP contribution in [0, 0.1) is 11.3 Å². The molecule has 138 valence electrons. The molecule has 1 unspecified atom stereocenters. The first kappa shape index (κ1) is 19.0. The zero-order chi connectivity index (χ0) is 17.7. The van der Waals surface area contributed by atoms with Crippen LogP contribution in [0.3, 0.4) is 0 Å². The zero-order valence-electron chi connectivity index (χ0n) is 15.2. The fourth-order valence-electron chi connectivity index (χ4n) is 4.51. The number of ether oxygens (including phenoxy) is 1. The molecule has 4 heteroatoms. The highest BCUT2D eigenvalue weighted by molar-refractivity contribution is 7.80. The van der Waals surface area contributed by atoms with Crippen LogP contribution in [0.15, 0.2) is 24.3 Å². The molecule has 0 aromatic heterocycles. The van der Waals surface area contributed by atoms with Crippen LogP contribution in [-0.2, 0) is 11.2 Å². The van der Waals surface area contributed by atoms with E-state index < -0.39 is 0 Å². The number of nitrogens with one attached hydrogen (secondary N) is 1. The summed E-state index contributed by atoms with van der Waals surface area (Å²) in [7, 11) is 0. The molecule has 1 aromatic rings. The minimum atomic E-state index is 0.339. The average Bonchev–Trinajstić information content (AvgIpc) is 2.61. The van der Waals surface area contributed by atoms with Crippen LogP contribution >= 0.6 is 23.8 Å². The monoisotopic (exact) mass is 379 g/mol. The Hall–Kier alpha value is -0.800. The predicted octanol–water partition coefficient (Wildman–Crippen LogP) is 5.91. The van der Waals surface area contributed by atoms with Crippen molar-refractivity contribution in [2.24, 2.45) is 11.3 Å². The lowest BCUT2D eigenvalue weighted by molar-refractivity contribution is -0.0862. The van der Waals surface area contributed by atoms with Gasteiger partial charge in [0.25, 0.3) is 5.17 Å². The molecule has 0 aliphatic heterocycles. The highest BCUT2D eigenvalue weighted by Crippen LogP contribution is 2.54. The van der Waals surface area contributed by atoms with Gasteiger partial charge in [-0.2, -0.15) is 0 Å². The minimum Gasteiger partial charge on any atom is -0.467 e. The molecular formula is C21H30ClNOS. The van der Waals surface area contributed by atoms with Crippen molar-refractivity contribution in [2.45, 2.75) is 70.8 Å². The third kappa shape index (κ3) is 4.89. The number of thiocarbonyl (C=S) groups is 1. The van der Waals surface area contributed by atoms with Gasteiger partial charge in [0.05, 0.1) is 0 Å². The van der Waals surface area contributed by atoms with E-state index in [1.165, 1.54) is 50.5 Å². The molecule has 1 atom stereocenters. The second-order valence-corrected chi connectivity index (χ2v) is 8.64. The Morgan fingerprint density at radius 1 is 1.20 bits per heavy atom. The highest BCUT2D eigenvalue weighted by Gasteiger charge is 2.50. The Bertz CT molecular complexity index is 566. The van der Waals surface area contributed by atoms with E-state index in [1.54, 1.807) is 0 Å². The van der Waals surface area contributed by atoms with E-state index >= 15 is 0 Å². The Balaban J connectivity index is 1.39. The highest BCUT2D eigenvalue weighted by atomic mass is 35.5. The van der Waals surface area contributed by atoms with Gasteiger partial charge in [-0.15, -0.1) is 0 Å². The van der Waals surface area contributed by atoms with E-state index in [0.29, 0.717) is 16.7 Å². The molecule has 0 radical (unpaired) electrons. The van der Waals surface area contributed by atoms with Crippen LogP contribution < -0.4 is 5.32 Å². The van der Waals surface area contributed by atoms with Gasteiger partial charge in [0.2, 0.25) is 0 Å². The molecular weight excluding hydrogens is 350 g/mol. The molecule has 1 aromatic carbocycles. The zero-order valence-corrected chi connectivity index (χ0v) is 16.8. The first-order chi connectivity index (χ1) is 12.1. The summed E-state index contributed by atoms with van der Waals surface area (Å²) in [6, 6.07) is 7.98. The maximum absolute atomic E-state index is 6.13. The quantitative estimate of drug-likeness (QED) is 0.620. The van der Waals surface area contributed by atoms with Crippen LogP contribution in [0.25, 0.3) is 0 Å². The summed E-state index contributed by atoms with van der Waals surface area (Å²) in [5, 5.41) is 4.63. The third-order valence-corrected chi connectivity index (χ3v) is 6.72. The first-order valence-electron chi connectivity index (χ1n) is 9.80. The predicted molar refractivity (Wildman–Crippen MR) is 109 cm³/mol. The summed E-state index contributed by atoms with van der Waals surface area (Å²) in [4.78, 5) is 0. The average molecular weight is 380 g/mol. The van der Waals surface area contributed by atoms with Crippen LogP contribution in [-0.4, -0.2) is 17.8 Å². The van der Waals surface area contributed by atoms with Crippen molar-refractivity contribution in [1.29, 1.82) is 0 Å². The molecule has 2 aliphatic carbocycles. The molecule has 0 bridgehead atoms. The van der Waals surface area contributed by atoms with Crippen molar-refractivity contribution in [2.75, 3.05) is 6.54 Å². The summed E-state index contributed by atoms with van der Waals surface area (Å²) >= 11 is 11.3. The smallest absolute Gasteiger partial charge is 0.256 e. The fourth-order valence-corrected chi connectivity index (χ4v) is 4.85. The van der Waals surface area contributed by atoms with Gasteiger partial charge in [-0.25, -0.2) is 0 Å². The Labute approximate surface area is 162 Å². The van der Waals surface area contributed by atoms with Crippen LogP contribution in [0.1, 0.15) is 63.9 Å². The normalized spacial score (nSPS) is 28.4. The van der Waals surface area contributed by atoms with E-state index in [2.05, 4.69) is 24.4 Å². The standard InChI is InChI=1S/C21H30ClNOS/c1-2-3-16-8-12-21(13-9-16)14-10-19(21)24-20(25)23-15-11-17-4-6-18(22)7-5-17/h4-7,16,19H,2-3,8-15H2,1H3,(H,23,25).